The summed E-state index contributed by atoms with van der Waals surface area (Å²) in [6, 6.07) is 10.9. The van der Waals surface area contributed by atoms with Crippen molar-refractivity contribution >= 4 is 33.4 Å². The van der Waals surface area contributed by atoms with Crippen LogP contribution in [0.5, 0.6) is 0 Å². The molecule has 0 amide bonds. The van der Waals surface area contributed by atoms with E-state index in [1.165, 1.54) is 43.0 Å². The number of rotatable bonds is 3. The quantitative estimate of drug-likeness (QED) is 0.555. The Morgan fingerprint density at radius 3 is 2.92 bits per heavy atom. The molecule has 3 heterocycles. The van der Waals surface area contributed by atoms with Crippen LogP contribution in [0.3, 0.4) is 0 Å². The molecule has 0 aliphatic heterocycles. The number of hydrogen-bond donors (Lipinski definition) is 2. The fourth-order valence-electron chi connectivity index (χ4n) is 4.05. The van der Waals surface area contributed by atoms with Gasteiger partial charge in [-0.15, -0.1) is 0 Å². The summed E-state index contributed by atoms with van der Waals surface area (Å²) >= 11 is 0. The smallest absolute Gasteiger partial charge is 0.178 e. The van der Waals surface area contributed by atoms with Crippen molar-refractivity contribution in [3.05, 3.63) is 42.2 Å². The number of fused-ring (bicyclic) bond motifs is 2. The fraction of sp³-hybridized carbons (Fsp3) is 0.350. The topological polar surface area (TPSA) is 71.4 Å². The molecule has 0 saturated heterocycles. The Morgan fingerprint density at radius 2 is 2.04 bits per heavy atom. The van der Waals surface area contributed by atoms with Crippen molar-refractivity contribution in [3.63, 3.8) is 0 Å². The van der Waals surface area contributed by atoms with Crippen LogP contribution in [0.4, 0.5) is 11.5 Å². The third-order valence-corrected chi connectivity index (χ3v) is 5.39. The van der Waals surface area contributed by atoms with E-state index in [2.05, 4.69) is 50.3 Å². The molecule has 1 aliphatic rings. The molecule has 132 valence electrons. The highest BCUT2D eigenvalue weighted by atomic mass is 15.3. The van der Waals surface area contributed by atoms with Gasteiger partial charge in [0.05, 0.1) is 22.8 Å². The van der Waals surface area contributed by atoms with E-state index >= 15 is 0 Å². The molecule has 0 atom stereocenters. The third-order valence-electron chi connectivity index (χ3n) is 5.39. The molecular weight excluding hydrogens is 324 g/mol. The summed E-state index contributed by atoms with van der Waals surface area (Å²) in [6.45, 7) is 2.09. The molecule has 1 saturated carbocycles. The Bertz CT molecular complexity index is 1070. The van der Waals surface area contributed by atoms with Crippen molar-refractivity contribution in [1.29, 1.82) is 0 Å². The van der Waals surface area contributed by atoms with Crippen LogP contribution in [0, 0.1) is 6.92 Å². The summed E-state index contributed by atoms with van der Waals surface area (Å²) in [7, 11) is 0. The number of aromatic nitrogens is 5. The van der Waals surface area contributed by atoms with Crippen molar-refractivity contribution in [3.8, 4) is 0 Å². The molecule has 1 aromatic carbocycles. The monoisotopic (exact) mass is 346 g/mol. The minimum Gasteiger partial charge on any atom is -0.337 e. The summed E-state index contributed by atoms with van der Waals surface area (Å²) in [6.07, 6.45) is 8.23. The molecule has 5 rings (SSSR count). The molecule has 6 nitrogen and oxygen atoms in total. The molecule has 0 spiro atoms. The predicted octanol–water partition coefficient (Wildman–Crippen LogP) is 4.86. The molecule has 0 unspecified atom stereocenters. The van der Waals surface area contributed by atoms with Gasteiger partial charge in [0.25, 0.3) is 0 Å². The van der Waals surface area contributed by atoms with E-state index in [1.54, 1.807) is 6.20 Å². The molecular formula is C20H22N6. The Hall–Kier alpha value is -2.89. The highest BCUT2D eigenvalue weighted by Crippen LogP contribution is 2.33. The molecule has 4 aromatic rings. The average molecular weight is 346 g/mol. The molecule has 2 N–H and O–H groups in total. The van der Waals surface area contributed by atoms with E-state index < -0.39 is 0 Å². The first kappa shape index (κ1) is 15.4. The summed E-state index contributed by atoms with van der Waals surface area (Å²) in [5.74, 6) is 0.747. The highest BCUT2D eigenvalue weighted by Gasteiger charge is 2.19. The number of nitrogens with zero attached hydrogens (tertiary/aromatic N) is 4. The van der Waals surface area contributed by atoms with Gasteiger partial charge in [-0.05, 0) is 50.1 Å². The second-order valence-electron chi connectivity index (χ2n) is 7.15. The molecule has 0 bridgehead atoms. The van der Waals surface area contributed by atoms with E-state index in [4.69, 9.17) is 5.10 Å². The van der Waals surface area contributed by atoms with Crippen LogP contribution < -0.4 is 5.32 Å². The normalized spacial score (nSPS) is 15.7. The standard InChI is InChI=1S/C20H22N6/c1-13-16-12-14(22-20-19-17(23-24-20)8-5-11-21-19)9-10-18(16)26(25-13)15-6-3-2-4-7-15/h5,8-12,15H,2-4,6-7H2,1H3,(H2,22,23,24). The number of H-pyrrole nitrogens is 1. The van der Waals surface area contributed by atoms with Crippen LogP contribution in [-0.2, 0) is 0 Å². The molecule has 3 aromatic heterocycles. The SMILES string of the molecule is Cc1nn(C2CCCCC2)c2ccc(Nc3n[nH]c4cccnc34)cc12. The highest BCUT2D eigenvalue weighted by molar-refractivity contribution is 5.90. The number of anilines is 2. The van der Waals surface area contributed by atoms with Crippen molar-refractivity contribution in [2.24, 2.45) is 0 Å². The van der Waals surface area contributed by atoms with Gasteiger partial charge >= 0.3 is 0 Å². The summed E-state index contributed by atoms with van der Waals surface area (Å²) < 4.78 is 2.25. The fourth-order valence-corrected chi connectivity index (χ4v) is 4.05. The Kier molecular flexibility index (Phi) is 3.62. The van der Waals surface area contributed by atoms with Crippen LogP contribution in [-0.4, -0.2) is 25.0 Å². The lowest BCUT2D eigenvalue weighted by Crippen LogP contribution is -2.14. The van der Waals surface area contributed by atoms with E-state index in [0.717, 1.165) is 28.2 Å². The van der Waals surface area contributed by atoms with Crippen molar-refractivity contribution in [1.82, 2.24) is 25.0 Å². The predicted molar refractivity (Wildman–Crippen MR) is 104 cm³/mol. The van der Waals surface area contributed by atoms with E-state index in [1.807, 2.05) is 12.1 Å². The Morgan fingerprint density at radius 1 is 1.15 bits per heavy atom. The van der Waals surface area contributed by atoms with Crippen molar-refractivity contribution in [2.45, 2.75) is 45.1 Å². The summed E-state index contributed by atoms with van der Waals surface area (Å²) in [5.41, 5.74) is 5.09. The Balaban J connectivity index is 1.51. The summed E-state index contributed by atoms with van der Waals surface area (Å²) in [5, 5.41) is 16.8. The lowest BCUT2D eigenvalue weighted by molar-refractivity contribution is 0.336. The van der Waals surface area contributed by atoms with Gasteiger partial charge in [0.15, 0.2) is 5.82 Å². The first-order chi connectivity index (χ1) is 12.8. The van der Waals surface area contributed by atoms with Gasteiger partial charge in [-0.1, -0.05) is 19.3 Å². The number of aromatic amines is 1. The van der Waals surface area contributed by atoms with E-state index in [-0.39, 0.29) is 0 Å². The van der Waals surface area contributed by atoms with Crippen LogP contribution in [0.25, 0.3) is 21.9 Å². The number of hydrogen-bond acceptors (Lipinski definition) is 4. The van der Waals surface area contributed by atoms with Gasteiger partial charge in [-0.2, -0.15) is 10.2 Å². The molecule has 6 heteroatoms. The molecule has 1 fully saturated rings. The minimum atomic E-state index is 0.540. The first-order valence-corrected chi connectivity index (χ1v) is 9.34. The van der Waals surface area contributed by atoms with Crippen molar-refractivity contribution < 1.29 is 0 Å². The first-order valence-electron chi connectivity index (χ1n) is 9.34. The van der Waals surface area contributed by atoms with E-state index in [0.29, 0.717) is 6.04 Å². The zero-order chi connectivity index (χ0) is 17.5. The van der Waals surface area contributed by atoms with Gasteiger partial charge in [-0.25, -0.2) is 0 Å². The lowest BCUT2D eigenvalue weighted by atomic mass is 9.95. The maximum absolute atomic E-state index is 4.86. The summed E-state index contributed by atoms with van der Waals surface area (Å²) in [4.78, 5) is 4.41. The van der Waals surface area contributed by atoms with Gasteiger partial charge in [0.1, 0.15) is 5.52 Å². The van der Waals surface area contributed by atoms with E-state index in [9.17, 15) is 0 Å². The van der Waals surface area contributed by atoms with Gasteiger partial charge < -0.3 is 5.32 Å². The van der Waals surface area contributed by atoms with Gasteiger partial charge in [-0.3, -0.25) is 14.8 Å². The zero-order valence-corrected chi connectivity index (χ0v) is 14.9. The number of aryl methyl sites for hydroxylation is 1. The lowest BCUT2D eigenvalue weighted by Gasteiger charge is -2.22. The maximum atomic E-state index is 4.86. The van der Waals surface area contributed by atoms with Crippen LogP contribution in [0.15, 0.2) is 36.5 Å². The molecule has 1 aliphatic carbocycles. The second-order valence-corrected chi connectivity index (χ2v) is 7.15. The Labute approximate surface area is 151 Å². The zero-order valence-electron chi connectivity index (χ0n) is 14.9. The number of nitrogens with one attached hydrogen (secondary N) is 2. The van der Waals surface area contributed by atoms with Gasteiger partial charge in [0.2, 0.25) is 0 Å². The number of benzene rings is 1. The average Bonchev–Trinajstić information content (AvgIpc) is 3.24. The second kappa shape index (κ2) is 6.12. The maximum Gasteiger partial charge on any atom is 0.178 e. The molecule has 0 radical (unpaired) electrons. The largest absolute Gasteiger partial charge is 0.337 e. The third kappa shape index (κ3) is 2.53. The number of pyridine rings is 1. The van der Waals surface area contributed by atoms with Gasteiger partial charge in [0, 0.05) is 17.3 Å². The van der Waals surface area contributed by atoms with Crippen LogP contribution in [0.2, 0.25) is 0 Å². The van der Waals surface area contributed by atoms with Crippen LogP contribution in [0.1, 0.15) is 43.8 Å². The minimum absolute atomic E-state index is 0.540. The molecule has 26 heavy (non-hydrogen) atoms. The van der Waals surface area contributed by atoms with Crippen molar-refractivity contribution in [2.75, 3.05) is 5.32 Å². The van der Waals surface area contributed by atoms with Crippen LogP contribution >= 0.6 is 0 Å².